The number of hydrogen-bond acceptors (Lipinski definition) is 5. The molecule has 0 saturated carbocycles. The normalized spacial score (nSPS) is 10.9. The Hall–Kier alpha value is -2.93. The lowest BCUT2D eigenvalue weighted by Gasteiger charge is -2.20. The smallest absolute Gasteiger partial charge is 0.247 e. The molecule has 2 rings (SSSR count). The highest BCUT2D eigenvalue weighted by molar-refractivity contribution is 5.97. The van der Waals surface area contributed by atoms with Crippen molar-refractivity contribution in [2.75, 3.05) is 31.6 Å². The summed E-state index contributed by atoms with van der Waals surface area (Å²) in [6.07, 6.45) is 3.86. The second-order valence-corrected chi connectivity index (χ2v) is 5.93. The number of hydrogen-bond donors (Lipinski definition) is 1. The third kappa shape index (κ3) is 7.45. The molecule has 2 amide bonds. The second-order valence-electron chi connectivity index (χ2n) is 5.93. The highest BCUT2D eigenvalue weighted by Gasteiger charge is 2.16. The van der Waals surface area contributed by atoms with Crippen molar-refractivity contribution in [3.63, 3.8) is 0 Å². The third-order valence-electron chi connectivity index (χ3n) is 3.68. The highest BCUT2D eigenvalue weighted by Crippen LogP contribution is 2.08. The number of aromatic nitrogens is 1. The van der Waals surface area contributed by atoms with E-state index in [1.54, 1.807) is 19.1 Å². The van der Waals surface area contributed by atoms with Gasteiger partial charge in [-0.05, 0) is 31.9 Å². The summed E-state index contributed by atoms with van der Waals surface area (Å²) in [4.78, 5) is 26.3. The lowest BCUT2D eigenvalue weighted by Crippen LogP contribution is -2.38. The minimum absolute atomic E-state index is 0.0734. The van der Waals surface area contributed by atoms with Crippen molar-refractivity contribution in [3.8, 4) is 0 Å². The summed E-state index contributed by atoms with van der Waals surface area (Å²) in [5, 5.41) is 6.36. The van der Waals surface area contributed by atoms with Crippen LogP contribution in [-0.4, -0.2) is 48.2 Å². The Kier molecular flexibility index (Phi) is 8.25. The van der Waals surface area contributed by atoms with Crippen molar-refractivity contribution in [3.05, 3.63) is 53.8 Å². The van der Waals surface area contributed by atoms with Gasteiger partial charge in [-0.2, -0.15) is 0 Å². The number of anilines is 1. The Bertz CT molecular complexity index is 756. The monoisotopic (exact) mass is 371 g/mol. The number of ether oxygens (including phenoxy) is 1. The van der Waals surface area contributed by atoms with Gasteiger partial charge in [0.2, 0.25) is 11.8 Å². The Morgan fingerprint density at radius 3 is 2.74 bits per heavy atom. The summed E-state index contributed by atoms with van der Waals surface area (Å²) in [6, 6.07) is 11.1. The molecule has 0 aliphatic heterocycles. The Morgan fingerprint density at radius 2 is 2.07 bits per heavy atom. The summed E-state index contributed by atoms with van der Waals surface area (Å²) < 4.78 is 10.2. The topological polar surface area (TPSA) is 84.7 Å². The summed E-state index contributed by atoms with van der Waals surface area (Å²) >= 11 is 0. The number of benzene rings is 1. The first-order chi connectivity index (χ1) is 13.1. The minimum Gasteiger partial charge on any atom is -0.382 e. The van der Waals surface area contributed by atoms with Crippen molar-refractivity contribution in [1.29, 1.82) is 0 Å². The van der Waals surface area contributed by atoms with E-state index in [-0.39, 0.29) is 18.4 Å². The first kappa shape index (κ1) is 20.4. The zero-order valence-corrected chi connectivity index (χ0v) is 15.7. The van der Waals surface area contributed by atoms with Crippen LogP contribution in [-0.2, 0) is 14.3 Å². The maximum atomic E-state index is 12.6. The van der Waals surface area contributed by atoms with E-state index < -0.39 is 0 Å². The molecule has 27 heavy (non-hydrogen) atoms. The summed E-state index contributed by atoms with van der Waals surface area (Å²) in [5.41, 5.74) is 0.919. The summed E-state index contributed by atoms with van der Waals surface area (Å²) in [7, 11) is 0. The molecule has 1 aromatic heterocycles. The van der Waals surface area contributed by atoms with Gasteiger partial charge in [0.1, 0.15) is 12.3 Å². The first-order valence-electron chi connectivity index (χ1n) is 8.91. The van der Waals surface area contributed by atoms with E-state index in [0.29, 0.717) is 37.8 Å². The minimum atomic E-state index is -0.332. The van der Waals surface area contributed by atoms with Crippen molar-refractivity contribution >= 4 is 23.7 Å². The van der Waals surface area contributed by atoms with Crippen molar-refractivity contribution in [2.45, 2.75) is 20.3 Å². The van der Waals surface area contributed by atoms with Crippen LogP contribution in [0.1, 0.15) is 24.7 Å². The molecule has 0 radical (unpaired) electrons. The number of nitrogens with zero attached hydrogens (tertiary/aromatic N) is 2. The molecule has 7 heteroatoms. The van der Waals surface area contributed by atoms with Gasteiger partial charge in [0.05, 0.1) is 0 Å². The lowest BCUT2D eigenvalue weighted by molar-refractivity contribution is -0.130. The van der Waals surface area contributed by atoms with Crippen LogP contribution in [0.4, 0.5) is 5.82 Å². The molecule has 2 aromatic rings. The number of rotatable bonds is 10. The second kappa shape index (κ2) is 10.9. The molecule has 0 saturated heterocycles. The SMILES string of the molecule is CCOCCCN(CC(=O)Nc1cc(C)on1)C(=O)/C=C/c1ccccc1. The quantitative estimate of drug-likeness (QED) is 0.513. The van der Waals surface area contributed by atoms with Gasteiger partial charge in [-0.1, -0.05) is 35.5 Å². The van der Waals surface area contributed by atoms with Gasteiger partial charge in [-0.25, -0.2) is 0 Å². The number of carbonyl (C=O) groups is 2. The summed E-state index contributed by atoms with van der Waals surface area (Å²) in [6.45, 7) is 5.15. The van der Waals surface area contributed by atoms with Gasteiger partial charge >= 0.3 is 0 Å². The van der Waals surface area contributed by atoms with Crippen LogP contribution in [0.25, 0.3) is 6.08 Å². The first-order valence-corrected chi connectivity index (χ1v) is 8.91. The van der Waals surface area contributed by atoms with E-state index in [4.69, 9.17) is 9.26 Å². The Labute approximate surface area is 159 Å². The molecular formula is C20H25N3O4. The van der Waals surface area contributed by atoms with E-state index in [9.17, 15) is 9.59 Å². The third-order valence-corrected chi connectivity index (χ3v) is 3.68. The maximum Gasteiger partial charge on any atom is 0.247 e. The molecule has 0 bridgehead atoms. The predicted octanol–water partition coefficient (Wildman–Crippen LogP) is 2.89. The van der Waals surface area contributed by atoms with Crippen molar-refractivity contribution < 1.29 is 18.8 Å². The fourth-order valence-electron chi connectivity index (χ4n) is 2.39. The Morgan fingerprint density at radius 1 is 1.30 bits per heavy atom. The maximum absolute atomic E-state index is 12.6. The number of carbonyl (C=O) groups excluding carboxylic acids is 2. The van der Waals surface area contributed by atoms with Gasteiger partial charge in [-0.3, -0.25) is 9.59 Å². The van der Waals surface area contributed by atoms with Crippen molar-refractivity contribution in [2.24, 2.45) is 0 Å². The molecule has 1 heterocycles. The van der Waals surface area contributed by atoms with Crippen LogP contribution in [0.5, 0.6) is 0 Å². The van der Waals surface area contributed by atoms with Gasteiger partial charge in [0.15, 0.2) is 5.82 Å². The zero-order chi connectivity index (χ0) is 19.5. The van der Waals surface area contributed by atoms with Gasteiger partial charge in [-0.15, -0.1) is 0 Å². The molecule has 1 aromatic carbocycles. The van der Waals surface area contributed by atoms with Gasteiger partial charge in [0, 0.05) is 31.9 Å². The molecule has 0 unspecified atom stereocenters. The molecule has 0 aliphatic carbocycles. The van der Waals surface area contributed by atoms with E-state index in [0.717, 1.165) is 5.56 Å². The number of aryl methyl sites for hydroxylation is 1. The molecule has 1 N–H and O–H groups in total. The molecule has 7 nitrogen and oxygen atoms in total. The zero-order valence-electron chi connectivity index (χ0n) is 15.7. The van der Waals surface area contributed by atoms with Gasteiger partial charge < -0.3 is 19.5 Å². The largest absolute Gasteiger partial charge is 0.382 e. The van der Waals surface area contributed by atoms with Crippen LogP contribution >= 0.6 is 0 Å². The van der Waals surface area contributed by atoms with Crippen LogP contribution in [0, 0.1) is 6.92 Å². The van der Waals surface area contributed by atoms with E-state index >= 15 is 0 Å². The van der Waals surface area contributed by atoms with E-state index in [1.165, 1.54) is 11.0 Å². The molecule has 0 atom stereocenters. The van der Waals surface area contributed by atoms with Crippen LogP contribution in [0.15, 0.2) is 47.0 Å². The lowest BCUT2D eigenvalue weighted by atomic mass is 10.2. The molecule has 0 aliphatic rings. The fraction of sp³-hybridized carbons (Fsp3) is 0.350. The average molecular weight is 371 g/mol. The number of nitrogens with one attached hydrogen (secondary N) is 1. The van der Waals surface area contributed by atoms with Crippen LogP contribution < -0.4 is 5.32 Å². The highest BCUT2D eigenvalue weighted by atomic mass is 16.5. The van der Waals surface area contributed by atoms with E-state index in [1.807, 2.05) is 37.3 Å². The van der Waals surface area contributed by atoms with Crippen LogP contribution in [0.2, 0.25) is 0 Å². The standard InChI is InChI=1S/C20H25N3O4/c1-3-26-13-7-12-23(15-19(24)21-18-14-16(2)27-22-18)20(25)11-10-17-8-5-4-6-9-17/h4-6,8-11,14H,3,7,12-13,15H2,1-2H3,(H,21,22,24)/b11-10+. The average Bonchev–Trinajstić information content (AvgIpc) is 3.07. The Balaban J connectivity index is 1.97. The van der Waals surface area contributed by atoms with E-state index in [2.05, 4.69) is 10.5 Å². The molecule has 0 spiro atoms. The molecule has 0 fully saturated rings. The van der Waals surface area contributed by atoms with Gasteiger partial charge in [0.25, 0.3) is 0 Å². The number of amides is 2. The van der Waals surface area contributed by atoms with Crippen molar-refractivity contribution in [1.82, 2.24) is 10.1 Å². The fourth-order valence-corrected chi connectivity index (χ4v) is 2.39. The van der Waals surface area contributed by atoms with Crippen LogP contribution in [0.3, 0.4) is 0 Å². The summed E-state index contributed by atoms with van der Waals surface area (Å²) in [5.74, 6) is 0.364. The molecular weight excluding hydrogens is 346 g/mol. The molecule has 144 valence electrons. The predicted molar refractivity (Wildman–Crippen MR) is 103 cm³/mol.